The van der Waals surface area contributed by atoms with Crippen LogP contribution in [0.25, 0.3) is 0 Å². The molecule has 0 unspecified atom stereocenters. The molecule has 0 fully saturated rings. The molecule has 1 rings (SSSR count). The molecule has 0 aliphatic heterocycles. The highest BCUT2D eigenvalue weighted by atomic mass is 15.1. The van der Waals surface area contributed by atoms with Crippen molar-refractivity contribution in [1.82, 2.24) is 0 Å². The predicted octanol–water partition coefficient (Wildman–Crippen LogP) is 3.65. The van der Waals surface area contributed by atoms with E-state index in [0.717, 1.165) is 13.1 Å². The topological polar surface area (TPSA) is 3.24 Å². The van der Waals surface area contributed by atoms with E-state index in [9.17, 15) is 0 Å². The van der Waals surface area contributed by atoms with Crippen LogP contribution in [0.2, 0.25) is 0 Å². The Morgan fingerprint density at radius 2 is 1.87 bits per heavy atom. The molecule has 0 atom stereocenters. The Kier molecular flexibility index (Phi) is 5.31. The van der Waals surface area contributed by atoms with Crippen molar-refractivity contribution in [3.05, 3.63) is 54.6 Å². The lowest BCUT2D eigenvalue weighted by atomic mass is 10.3. The number of anilines is 1. The fraction of sp³-hybridized carbons (Fsp3) is 0.286. The van der Waals surface area contributed by atoms with Crippen LogP contribution in [0, 0.1) is 0 Å². The number of para-hydroxylation sites is 1. The smallest absolute Gasteiger partial charge is 0.0368 e. The van der Waals surface area contributed by atoms with Gasteiger partial charge in [0.2, 0.25) is 0 Å². The number of hydrogen-bond donors (Lipinski definition) is 0. The van der Waals surface area contributed by atoms with Gasteiger partial charge in [-0.05, 0) is 26.0 Å². The molecule has 1 heteroatoms. The average Bonchev–Trinajstić information content (AvgIpc) is 2.30. The summed E-state index contributed by atoms with van der Waals surface area (Å²) in [6.07, 6.45) is 8.36. The first-order valence-electron chi connectivity index (χ1n) is 5.46. The molecule has 0 saturated heterocycles. The van der Waals surface area contributed by atoms with Gasteiger partial charge in [-0.15, -0.1) is 0 Å². The lowest BCUT2D eigenvalue weighted by molar-refractivity contribution is 0.906. The van der Waals surface area contributed by atoms with Crippen molar-refractivity contribution in [2.45, 2.75) is 13.8 Å². The zero-order chi connectivity index (χ0) is 10.9. The normalized spacial score (nSPS) is 11.3. The van der Waals surface area contributed by atoms with E-state index < -0.39 is 0 Å². The molecular weight excluding hydrogens is 182 g/mol. The Labute approximate surface area is 92.7 Å². The number of benzene rings is 1. The summed E-state index contributed by atoms with van der Waals surface area (Å²) in [6.45, 7) is 6.20. The highest BCUT2D eigenvalue weighted by Crippen LogP contribution is 2.12. The van der Waals surface area contributed by atoms with Crippen molar-refractivity contribution >= 4 is 5.69 Å². The van der Waals surface area contributed by atoms with Crippen LogP contribution < -0.4 is 4.90 Å². The van der Waals surface area contributed by atoms with E-state index in [-0.39, 0.29) is 0 Å². The minimum absolute atomic E-state index is 0.963. The number of hydrogen-bond acceptors (Lipinski definition) is 1. The Bertz CT molecular complexity index is 311. The Morgan fingerprint density at radius 1 is 1.13 bits per heavy atom. The molecule has 1 aromatic carbocycles. The van der Waals surface area contributed by atoms with Crippen LogP contribution in [0.1, 0.15) is 13.8 Å². The summed E-state index contributed by atoms with van der Waals surface area (Å²) in [6, 6.07) is 10.5. The standard InChI is InChI=1S/C14H19N/c1-3-5-6-10-13-15(4-2)14-11-8-7-9-12-14/h3,5-12H,4,13H2,1-2H3/b5-3-,10-6-. The lowest BCUT2D eigenvalue weighted by Gasteiger charge is -2.20. The molecule has 80 valence electrons. The molecule has 0 aliphatic rings. The summed E-state index contributed by atoms with van der Waals surface area (Å²) < 4.78 is 0. The molecule has 1 aromatic rings. The maximum Gasteiger partial charge on any atom is 0.0368 e. The molecule has 0 spiro atoms. The van der Waals surface area contributed by atoms with Crippen LogP contribution in [0.4, 0.5) is 5.69 Å². The van der Waals surface area contributed by atoms with Gasteiger partial charge >= 0.3 is 0 Å². The van der Waals surface area contributed by atoms with Crippen molar-refractivity contribution < 1.29 is 0 Å². The Hall–Kier alpha value is -1.50. The third kappa shape index (κ3) is 4.03. The highest BCUT2D eigenvalue weighted by Gasteiger charge is 1.99. The Balaban J connectivity index is 2.57. The van der Waals surface area contributed by atoms with Crippen LogP contribution in [-0.4, -0.2) is 13.1 Å². The quantitative estimate of drug-likeness (QED) is 0.657. The third-order valence-corrected chi connectivity index (χ3v) is 2.27. The first kappa shape index (κ1) is 11.6. The van der Waals surface area contributed by atoms with E-state index in [0.29, 0.717) is 0 Å². The van der Waals surface area contributed by atoms with E-state index in [2.05, 4.69) is 54.3 Å². The second-order valence-electron chi connectivity index (χ2n) is 3.33. The minimum atomic E-state index is 0.963. The summed E-state index contributed by atoms with van der Waals surface area (Å²) in [7, 11) is 0. The highest BCUT2D eigenvalue weighted by molar-refractivity contribution is 5.46. The SMILES string of the molecule is C/C=C\C=C/CN(CC)c1ccccc1. The van der Waals surface area contributed by atoms with Crippen LogP contribution in [-0.2, 0) is 0 Å². The van der Waals surface area contributed by atoms with E-state index in [4.69, 9.17) is 0 Å². The number of rotatable bonds is 5. The number of nitrogens with zero attached hydrogens (tertiary/aromatic N) is 1. The summed E-state index contributed by atoms with van der Waals surface area (Å²) in [5, 5.41) is 0. The van der Waals surface area contributed by atoms with Gasteiger partial charge < -0.3 is 4.90 Å². The average molecular weight is 201 g/mol. The Morgan fingerprint density at radius 3 is 2.47 bits per heavy atom. The van der Waals surface area contributed by atoms with Crippen LogP contribution in [0.3, 0.4) is 0 Å². The summed E-state index contributed by atoms with van der Waals surface area (Å²) >= 11 is 0. The van der Waals surface area contributed by atoms with Crippen LogP contribution in [0.15, 0.2) is 54.6 Å². The fourth-order valence-electron chi connectivity index (χ4n) is 1.43. The zero-order valence-electron chi connectivity index (χ0n) is 9.56. The van der Waals surface area contributed by atoms with Crippen LogP contribution >= 0.6 is 0 Å². The number of likely N-dealkylation sites (N-methyl/N-ethyl adjacent to an activating group) is 1. The fourth-order valence-corrected chi connectivity index (χ4v) is 1.43. The van der Waals surface area contributed by atoms with Gasteiger partial charge in [-0.2, -0.15) is 0 Å². The molecule has 1 nitrogen and oxygen atoms in total. The molecule has 0 bridgehead atoms. The minimum Gasteiger partial charge on any atom is -0.368 e. The molecule has 0 N–H and O–H groups in total. The van der Waals surface area contributed by atoms with E-state index in [1.807, 2.05) is 19.1 Å². The van der Waals surface area contributed by atoms with Gasteiger partial charge in [0, 0.05) is 18.8 Å². The van der Waals surface area contributed by atoms with Gasteiger partial charge in [0.05, 0.1) is 0 Å². The van der Waals surface area contributed by atoms with Gasteiger partial charge in [0.1, 0.15) is 0 Å². The van der Waals surface area contributed by atoms with Crippen molar-refractivity contribution in [3.63, 3.8) is 0 Å². The third-order valence-electron chi connectivity index (χ3n) is 2.27. The summed E-state index contributed by atoms with van der Waals surface area (Å²) in [4.78, 5) is 2.33. The molecule has 0 amide bonds. The van der Waals surface area contributed by atoms with Gasteiger partial charge in [-0.25, -0.2) is 0 Å². The first-order chi connectivity index (χ1) is 7.38. The molecule has 0 saturated carbocycles. The first-order valence-corrected chi connectivity index (χ1v) is 5.46. The number of allylic oxidation sites excluding steroid dienone is 3. The van der Waals surface area contributed by atoms with E-state index >= 15 is 0 Å². The van der Waals surface area contributed by atoms with E-state index in [1.54, 1.807) is 0 Å². The molecule has 0 radical (unpaired) electrons. The molecule has 15 heavy (non-hydrogen) atoms. The maximum atomic E-state index is 2.33. The molecule has 0 aromatic heterocycles. The van der Waals surface area contributed by atoms with Crippen molar-refractivity contribution in [3.8, 4) is 0 Å². The van der Waals surface area contributed by atoms with Crippen molar-refractivity contribution in [2.24, 2.45) is 0 Å². The van der Waals surface area contributed by atoms with Crippen LogP contribution in [0.5, 0.6) is 0 Å². The van der Waals surface area contributed by atoms with Crippen molar-refractivity contribution in [2.75, 3.05) is 18.0 Å². The van der Waals surface area contributed by atoms with Crippen molar-refractivity contribution in [1.29, 1.82) is 0 Å². The monoisotopic (exact) mass is 201 g/mol. The second-order valence-corrected chi connectivity index (χ2v) is 3.33. The largest absolute Gasteiger partial charge is 0.368 e. The maximum absolute atomic E-state index is 2.33. The van der Waals surface area contributed by atoms with Gasteiger partial charge in [-0.1, -0.05) is 42.5 Å². The summed E-state index contributed by atoms with van der Waals surface area (Å²) in [5.41, 5.74) is 1.28. The molecular formula is C14H19N. The lowest BCUT2D eigenvalue weighted by Crippen LogP contribution is -2.22. The molecule has 0 aliphatic carbocycles. The summed E-state index contributed by atoms with van der Waals surface area (Å²) in [5.74, 6) is 0. The predicted molar refractivity (Wildman–Crippen MR) is 68.3 cm³/mol. The van der Waals surface area contributed by atoms with Gasteiger partial charge in [0.15, 0.2) is 0 Å². The van der Waals surface area contributed by atoms with Gasteiger partial charge in [0.25, 0.3) is 0 Å². The second kappa shape index (κ2) is 6.88. The zero-order valence-corrected chi connectivity index (χ0v) is 9.56. The van der Waals surface area contributed by atoms with Gasteiger partial charge in [-0.3, -0.25) is 0 Å². The van der Waals surface area contributed by atoms with E-state index in [1.165, 1.54) is 5.69 Å². The molecule has 0 heterocycles.